The van der Waals surface area contributed by atoms with Gasteiger partial charge in [-0.2, -0.15) is 11.8 Å². The Kier molecular flexibility index (Phi) is 6.67. The minimum Gasteiger partial charge on any atom is -0.322 e. The molecule has 3 nitrogen and oxygen atoms in total. The summed E-state index contributed by atoms with van der Waals surface area (Å²) in [5, 5.41) is 3.58. The number of carbonyl (C=O) groups is 1. The monoisotopic (exact) mass is 286 g/mol. The molecule has 4 unspecified atom stereocenters. The van der Waals surface area contributed by atoms with Crippen LogP contribution in [0.15, 0.2) is 0 Å². The van der Waals surface area contributed by atoms with E-state index in [-0.39, 0.29) is 12.2 Å². The van der Waals surface area contributed by atoms with Gasteiger partial charge >= 0.3 is 0 Å². The maximum absolute atomic E-state index is 12.7. The van der Waals surface area contributed by atoms with Crippen molar-refractivity contribution in [1.82, 2.24) is 10.2 Å². The molecule has 1 fully saturated rings. The second-order valence-corrected chi connectivity index (χ2v) is 7.14. The predicted molar refractivity (Wildman–Crippen MR) is 84.3 cm³/mol. The Morgan fingerprint density at radius 3 is 2.42 bits per heavy atom. The zero-order valence-corrected chi connectivity index (χ0v) is 14.1. The summed E-state index contributed by atoms with van der Waals surface area (Å²) < 4.78 is 0. The molecule has 1 aliphatic rings. The molecule has 0 aliphatic carbocycles. The van der Waals surface area contributed by atoms with Gasteiger partial charge in [-0.25, -0.2) is 0 Å². The molecule has 4 heteroatoms. The molecule has 0 radical (unpaired) electrons. The summed E-state index contributed by atoms with van der Waals surface area (Å²) in [5.41, 5.74) is 0. The van der Waals surface area contributed by atoms with Gasteiger partial charge in [-0.3, -0.25) is 10.1 Å². The predicted octanol–water partition coefficient (Wildman–Crippen LogP) is 2.96. The van der Waals surface area contributed by atoms with Crippen molar-refractivity contribution in [3.8, 4) is 0 Å². The molecule has 0 aromatic carbocycles. The number of nitrogens with zero attached hydrogens (tertiary/aromatic N) is 1. The van der Waals surface area contributed by atoms with Gasteiger partial charge in [0.1, 0.15) is 0 Å². The largest absolute Gasteiger partial charge is 0.322 e. The molecule has 0 aromatic rings. The van der Waals surface area contributed by atoms with Crippen molar-refractivity contribution in [3.63, 3.8) is 0 Å². The Labute approximate surface area is 122 Å². The highest BCUT2D eigenvalue weighted by Crippen LogP contribution is 2.25. The maximum atomic E-state index is 12.7. The van der Waals surface area contributed by atoms with Crippen molar-refractivity contribution in [1.29, 1.82) is 0 Å². The number of hydrogen-bond donors (Lipinski definition) is 1. The van der Waals surface area contributed by atoms with E-state index in [1.807, 2.05) is 11.8 Å². The third kappa shape index (κ3) is 4.12. The van der Waals surface area contributed by atoms with Crippen molar-refractivity contribution in [2.75, 3.05) is 12.0 Å². The summed E-state index contributed by atoms with van der Waals surface area (Å²) in [6.07, 6.45) is 4.40. The lowest BCUT2D eigenvalue weighted by molar-refractivity contribution is -0.132. The van der Waals surface area contributed by atoms with Crippen LogP contribution in [-0.4, -0.2) is 41.1 Å². The summed E-state index contributed by atoms with van der Waals surface area (Å²) in [7, 11) is 0. The number of carbonyl (C=O) groups excluding carboxylic acids is 1. The number of thioether (sulfide) groups is 1. The van der Waals surface area contributed by atoms with Gasteiger partial charge in [-0.1, -0.05) is 34.1 Å². The highest BCUT2D eigenvalue weighted by atomic mass is 32.2. The Hall–Kier alpha value is -0.220. The Morgan fingerprint density at radius 2 is 1.95 bits per heavy atom. The third-order valence-corrected chi connectivity index (χ3v) is 4.83. The van der Waals surface area contributed by atoms with Crippen LogP contribution in [-0.2, 0) is 4.79 Å². The minimum absolute atomic E-state index is 0.0121. The Bertz CT molecular complexity index is 296. The molecule has 0 spiro atoms. The quantitative estimate of drug-likeness (QED) is 0.781. The SMILES string of the molecule is CCC(C)C1NC(CC(C)C)N(C(C)CSC)C1=O. The molecule has 0 bridgehead atoms. The molecule has 1 heterocycles. The first-order valence-electron chi connectivity index (χ1n) is 7.49. The first kappa shape index (κ1) is 16.8. The molecule has 1 amide bonds. The van der Waals surface area contributed by atoms with E-state index in [9.17, 15) is 4.79 Å². The molecule has 1 rings (SSSR count). The lowest BCUT2D eigenvalue weighted by Gasteiger charge is -2.31. The lowest BCUT2D eigenvalue weighted by Crippen LogP contribution is -2.45. The number of nitrogens with one attached hydrogen (secondary N) is 1. The molecular formula is C15H30N2OS. The molecule has 1 saturated heterocycles. The number of amides is 1. The van der Waals surface area contributed by atoms with Gasteiger partial charge in [0.25, 0.3) is 0 Å². The zero-order chi connectivity index (χ0) is 14.6. The van der Waals surface area contributed by atoms with Crippen LogP contribution >= 0.6 is 11.8 Å². The van der Waals surface area contributed by atoms with Crippen LogP contribution in [0.4, 0.5) is 0 Å². The smallest absolute Gasteiger partial charge is 0.241 e. The van der Waals surface area contributed by atoms with Crippen LogP contribution in [0.2, 0.25) is 0 Å². The summed E-state index contributed by atoms with van der Waals surface area (Å²) in [4.78, 5) is 14.8. The van der Waals surface area contributed by atoms with E-state index < -0.39 is 0 Å². The molecular weight excluding hydrogens is 256 g/mol. The van der Waals surface area contributed by atoms with E-state index in [0.717, 1.165) is 18.6 Å². The second-order valence-electron chi connectivity index (χ2n) is 6.23. The van der Waals surface area contributed by atoms with Crippen LogP contribution in [0.25, 0.3) is 0 Å². The molecule has 1 N–H and O–H groups in total. The normalized spacial score (nSPS) is 27.1. The van der Waals surface area contributed by atoms with Gasteiger partial charge in [0.05, 0.1) is 12.2 Å². The van der Waals surface area contributed by atoms with E-state index >= 15 is 0 Å². The van der Waals surface area contributed by atoms with Crippen molar-refractivity contribution in [3.05, 3.63) is 0 Å². The first-order chi connectivity index (χ1) is 8.92. The van der Waals surface area contributed by atoms with Crippen LogP contribution < -0.4 is 5.32 Å². The first-order valence-corrected chi connectivity index (χ1v) is 8.88. The standard InChI is InChI=1S/C15H30N2OS/c1-7-11(4)14-15(18)17(12(5)9-19-6)13(16-14)8-10(2)3/h10-14,16H,7-9H2,1-6H3. The zero-order valence-electron chi connectivity index (χ0n) is 13.3. The van der Waals surface area contributed by atoms with Gasteiger partial charge in [-0.15, -0.1) is 0 Å². The van der Waals surface area contributed by atoms with E-state index in [1.54, 1.807) is 0 Å². The average molecular weight is 286 g/mol. The number of rotatable bonds is 7. The highest BCUT2D eigenvalue weighted by Gasteiger charge is 2.42. The summed E-state index contributed by atoms with van der Waals surface area (Å²) >= 11 is 1.81. The van der Waals surface area contributed by atoms with Gasteiger partial charge in [-0.05, 0) is 31.4 Å². The van der Waals surface area contributed by atoms with Crippen LogP contribution in [0.1, 0.15) is 47.5 Å². The molecule has 0 aromatic heterocycles. The fourth-order valence-electron chi connectivity index (χ4n) is 2.79. The summed E-state index contributed by atoms with van der Waals surface area (Å²) in [5.74, 6) is 2.33. The number of hydrogen-bond acceptors (Lipinski definition) is 3. The summed E-state index contributed by atoms with van der Waals surface area (Å²) in [6, 6.07) is 0.325. The molecule has 19 heavy (non-hydrogen) atoms. The topological polar surface area (TPSA) is 32.3 Å². The van der Waals surface area contributed by atoms with Crippen molar-refractivity contribution in [2.45, 2.75) is 65.7 Å². The maximum Gasteiger partial charge on any atom is 0.241 e. The fraction of sp³-hybridized carbons (Fsp3) is 0.933. The van der Waals surface area contributed by atoms with Gasteiger partial charge < -0.3 is 4.90 Å². The van der Waals surface area contributed by atoms with Crippen LogP contribution in [0.3, 0.4) is 0 Å². The van der Waals surface area contributed by atoms with E-state index in [0.29, 0.717) is 23.8 Å². The third-order valence-electron chi connectivity index (χ3n) is 4.02. The summed E-state index contributed by atoms with van der Waals surface area (Å²) in [6.45, 7) is 10.9. The van der Waals surface area contributed by atoms with Crippen LogP contribution in [0, 0.1) is 11.8 Å². The molecule has 0 saturated carbocycles. The molecule has 4 atom stereocenters. The van der Waals surface area contributed by atoms with Crippen molar-refractivity contribution in [2.24, 2.45) is 11.8 Å². The average Bonchev–Trinajstić information content (AvgIpc) is 2.64. The second kappa shape index (κ2) is 7.53. The Balaban J connectivity index is 2.84. The highest BCUT2D eigenvalue weighted by molar-refractivity contribution is 7.98. The van der Waals surface area contributed by atoms with E-state index in [1.165, 1.54) is 0 Å². The van der Waals surface area contributed by atoms with Gasteiger partial charge in [0.2, 0.25) is 5.91 Å². The van der Waals surface area contributed by atoms with Gasteiger partial charge in [0.15, 0.2) is 0 Å². The van der Waals surface area contributed by atoms with Crippen molar-refractivity contribution >= 4 is 17.7 Å². The molecule has 112 valence electrons. The lowest BCUT2D eigenvalue weighted by atomic mass is 9.99. The Morgan fingerprint density at radius 1 is 1.32 bits per heavy atom. The fourth-order valence-corrected chi connectivity index (χ4v) is 3.43. The van der Waals surface area contributed by atoms with Crippen molar-refractivity contribution < 1.29 is 4.79 Å². The van der Waals surface area contributed by atoms with E-state index in [4.69, 9.17) is 0 Å². The van der Waals surface area contributed by atoms with E-state index in [2.05, 4.69) is 51.1 Å². The van der Waals surface area contributed by atoms with Crippen LogP contribution in [0.5, 0.6) is 0 Å². The van der Waals surface area contributed by atoms with Gasteiger partial charge in [0, 0.05) is 11.8 Å². The molecule has 1 aliphatic heterocycles. The minimum atomic E-state index is 0.0121.